The number of rotatable bonds is 3. The van der Waals surface area contributed by atoms with E-state index in [1.54, 1.807) is 0 Å². The van der Waals surface area contributed by atoms with Gasteiger partial charge in [-0.15, -0.1) is 0 Å². The number of carboxylic acid groups (broad SMARTS) is 2. The molecule has 2 saturated heterocycles. The van der Waals surface area contributed by atoms with Crippen molar-refractivity contribution in [2.24, 2.45) is 0 Å². The van der Waals surface area contributed by atoms with Gasteiger partial charge in [-0.05, 0) is 25.7 Å². The van der Waals surface area contributed by atoms with Gasteiger partial charge in [0, 0.05) is 38.3 Å². The van der Waals surface area contributed by atoms with Crippen molar-refractivity contribution in [3.05, 3.63) is 0 Å². The Labute approximate surface area is 117 Å². The highest BCUT2D eigenvalue weighted by molar-refractivity contribution is 5.65. The minimum atomic E-state index is -0.850. The standard InChI is InChI=1S/C12H22N4O4/c17-11(18)15-5-1-9(2-6-15)13-14-10-3-7-16(8-4-10)12(19)20/h9-10,13-14H,1-8H2,(H,17,18)(H,19,20). The van der Waals surface area contributed by atoms with Crippen LogP contribution >= 0.6 is 0 Å². The monoisotopic (exact) mass is 286 g/mol. The second kappa shape index (κ2) is 6.76. The molecule has 0 saturated carbocycles. The maximum absolute atomic E-state index is 10.8. The molecule has 0 unspecified atom stereocenters. The van der Waals surface area contributed by atoms with Crippen molar-refractivity contribution in [2.75, 3.05) is 26.2 Å². The Morgan fingerprint density at radius 2 is 1.05 bits per heavy atom. The van der Waals surface area contributed by atoms with Gasteiger partial charge in [-0.25, -0.2) is 9.59 Å². The summed E-state index contributed by atoms with van der Waals surface area (Å²) in [4.78, 5) is 24.4. The fourth-order valence-corrected chi connectivity index (χ4v) is 2.67. The van der Waals surface area contributed by atoms with E-state index in [4.69, 9.17) is 10.2 Å². The van der Waals surface area contributed by atoms with E-state index >= 15 is 0 Å². The molecule has 20 heavy (non-hydrogen) atoms. The van der Waals surface area contributed by atoms with Gasteiger partial charge in [0.05, 0.1) is 0 Å². The summed E-state index contributed by atoms with van der Waals surface area (Å²) in [6.07, 6.45) is 1.50. The van der Waals surface area contributed by atoms with Crippen LogP contribution in [0, 0.1) is 0 Å². The van der Waals surface area contributed by atoms with E-state index < -0.39 is 12.2 Å². The molecule has 2 aliphatic heterocycles. The maximum atomic E-state index is 10.8. The number of hydrazine groups is 1. The summed E-state index contributed by atoms with van der Waals surface area (Å²) in [6, 6.07) is 0.561. The average Bonchev–Trinajstić information content (AvgIpc) is 2.46. The summed E-state index contributed by atoms with van der Waals surface area (Å²) in [5.41, 5.74) is 6.52. The van der Waals surface area contributed by atoms with E-state index in [1.165, 1.54) is 9.80 Å². The Balaban J connectivity index is 1.62. The Morgan fingerprint density at radius 1 is 0.750 bits per heavy atom. The second-order valence-corrected chi connectivity index (χ2v) is 5.38. The van der Waals surface area contributed by atoms with Gasteiger partial charge in [-0.1, -0.05) is 0 Å². The molecule has 2 amide bonds. The number of likely N-dealkylation sites (tertiary alicyclic amines) is 2. The molecule has 4 N–H and O–H groups in total. The third-order valence-electron chi connectivity index (χ3n) is 4.02. The van der Waals surface area contributed by atoms with Crippen molar-refractivity contribution in [1.29, 1.82) is 0 Å². The minimum absolute atomic E-state index is 0.281. The molecule has 8 nitrogen and oxygen atoms in total. The number of hydrogen-bond donors (Lipinski definition) is 4. The molecule has 0 spiro atoms. The number of amides is 2. The lowest BCUT2D eigenvalue weighted by Gasteiger charge is -2.34. The SMILES string of the molecule is O=C(O)N1CCC(NNC2CCN(C(=O)O)CC2)CC1. The summed E-state index contributed by atoms with van der Waals surface area (Å²) in [5.74, 6) is 0. The minimum Gasteiger partial charge on any atom is -0.465 e. The summed E-state index contributed by atoms with van der Waals surface area (Å²) < 4.78 is 0. The molecule has 2 rings (SSSR count). The van der Waals surface area contributed by atoms with Crippen LogP contribution in [0.3, 0.4) is 0 Å². The van der Waals surface area contributed by atoms with Crippen molar-refractivity contribution in [1.82, 2.24) is 20.7 Å². The molecule has 0 atom stereocenters. The molecule has 8 heteroatoms. The highest BCUT2D eigenvalue weighted by Crippen LogP contribution is 2.12. The normalized spacial score (nSPS) is 22.0. The topological polar surface area (TPSA) is 105 Å². The van der Waals surface area contributed by atoms with Crippen LogP contribution in [0.4, 0.5) is 9.59 Å². The lowest BCUT2D eigenvalue weighted by molar-refractivity contribution is 0.117. The molecule has 2 fully saturated rings. The second-order valence-electron chi connectivity index (χ2n) is 5.38. The van der Waals surface area contributed by atoms with Crippen LogP contribution in [0.25, 0.3) is 0 Å². The van der Waals surface area contributed by atoms with Crippen molar-refractivity contribution in [2.45, 2.75) is 37.8 Å². The van der Waals surface area contributed by atoms with E-state index in [-0.39, 0.29) is 12.1 Å². The molecular formula is C12H22N4O4. The van der Waals surface area contributed by atoms with Crippen LogP contribution in [0.5, 0.6) is 0 Å². The number of nitrogens with zero attached hydrogens (tertiary/aromatic N) is 2. The number of piperidine rings is 2. The first kappa shape index (κ1) is 14.9. The highest BCUT2D eigenvalue weighted by atomic mass is 16.4. The summed E-state index contributed by atoms with van der Waals surface area (Å²) in [6.45, 7) is 2.25. The van der Waals surface area contributed by atoms with Gasteiger partial charge in [0.2, 0.25) is 0 Å². The zero-order valence-electron chi connectivity index (χ0n) is 11.4. The van der Waals surface area contributed by atoms with E-state index in [0.29, 0.717) is 26.2 Å². The van der Waals surface area contributed by atoms with Crippen LogP contribution in [0.2, 0.25) is 0 Å². The molecule has 0 aromatic carbocycles. The van der Waals surface area contributed by atoms with E-state index in [1.807, 2.05) is 0 Å². The van der Waals surface area contributed by atoms with Crippen molar-refractivity contribution in [3.63, 3.8) is 0 Å². The fourth-order valence-electron chi connectivity index (χ4n) is 2.67. The van der Waals surface area contributed by atoms with Crippen molar-refractivity contribution < 1.29 is 19.8 Å². The van der Waals surface area contributed by atoms with Gasteiger partial charge >= 0.3 is 12.2 Å². The highest BCUT2D eigenvalue weighted by Gasteiger charge is 2.25. The first-order chi connectivity index (χ1) is 9.56. The van der Waals surface area contributed by atoms with Crippen LogP contribution in [-0.2, 0) is 0 Å². The zero-order chi connectivity index (χ0) is 14.5. The number of hydrogen-bond acceptors (Lipinski definition) is 4. The van der Waals surface area contributed by atoms with Gasteiger partial charge in [-0.3, -0.25) is 10.9 Å². The van der Waals surface area contributed by atoms with E-state index in [0.717, 1.165) is 25.7 Å². The third-order valence-corrected chi connectivity index (χ3v) is 4.02. The number of carbonyl (C=O) groups is 2. The van der Waals surface area contributed by atoms with Gasteiger partial charge < -0.3 is 20.0 Å². The summed E-state index contributed by atoms with van der Waals surface area (Å²) in [7, 11) is 0. The lowest BCUT2D eigenvalue weighted by Crippen LogP contribution is -2.54. The smallest absolute Gasteiger partial charge is 0.407 e. The predicted molar refractivity (Wildman–Crippen MR) is 71.5 cm³/mol. The average molecular weight is 286 g/mol. The van der Waals surface area contributed by atoms with Crippen LogP contribution in [-0.4, -0.2) is 70.5 Å². The molecule has 0 aliphatic carbocycles. The first-order valence-electron chi connectivity index (χ1n) is 7.03. The third kappa shape index (κ3) is 3.97. The molecule has 0 aromatic rings. The molecule has 2 aliphatic rings. The van der Waals surface area contributed by atoms with E-state index in [2.05, 4.69) is 10.9 Å². The van der Waals surface area contributed by atoms with Crippen molar-refractivity contribution in [3.8, 4) is 0 Å². The fraction of sp³-hybridized carbons (Fsp3) is 0.833. The van der Waals surface area contributed by atoms with E-state index in [9.17, 15) is 9.59 Å². The zero-order valence-corrected chi connectivity index (χ0v) is 11.4. The Hall–Kier alpha value is -1.54. The van der Waals surface area contributed by atoms with Gasteiger partial charge in [0.15, 0.2) is 0 Å². The molecule has 2 heterocycles. The Morgan fingerprint density at radius 3 is 1.30 bits per heavy atom. The molecule has 114 valence electrons. The summed E-state index contributed by atoms with van der Waals surface area (Å²) >= 11 is 0. The van der Waals surface area contributed by atoms with Crippen LogP contribution in [0.1, 0.15) is 25.7 Å². The molecular weight excluding hydrogens is 264 g/mol. The number of nitrogens with one attached hydrogen (secondary N) is 2. The largest absolute Gasteiger partial charge is 0.465 e. The van der Waals surface area contributed by atoms with Gasteiger partial charge in [-0.2, -0.15) is 0 Å². The molecule has 0 aromatic heterocycles. The van der Waals surface area contributed by atoms with Gasteiger partial charge in [0.25, 0.3) is 0 Å². The lowest BCUT2D eigenvalue weighted by atomic mass is 10.1. The van der Waals surface area contributed by atoms with Crippen LogP contribution < -0.4 is 10.9 Å². The van der Waals surface area contributed by atoms with Gasteiger partial charge in [0.1, 0.15) is 0 Å². The first-order valence-corrected chi connectivity index (χ1v) is 7.03. The van der Waals surface area contributed by atoms with Crippen LogP contribution in [0.15, 0.2) is 0 Å². The quantitative estimate of drug-likeness (QED) is 0.559. The Kier molecular flexibility index (Phi) is 5.02. The maximum Gasteiger partial charge on any atom is 0.407 e. The predicted octanol–water partition coefficient (Wildman–Crippen LogP) is 0.365. The molecule has 0 radical (unpaired) electrons. The summed E-state index contributed by atoms with van der Waals surface area (Å²) in [5, 5.41) is 17.7. The molecule has 0 bridgehead atoms. The van der Waals surface area contributed by atoms with Crippen molar-refractivity contribution >= 4 is 12.2 Å². The Bertz CT molecular complexity index is 315.